The molecule has 0 aliphatic rings. The van der Waals surface area contributed by atoms with Crippen molar-refractivity contribution in [2.75, 3.05) is 12.8 Å². The quantitative estimate of drug-likeness (QED) is 0.682. The first-order valence-electron chi connectivity index (χ1n) is 3.62. The monoisotopic (exact) mass is 179 g/mol. The van der Waals surface area contributed by atoms with Crippen LogP contribution in [0.5, 0.6) is 5.75 Å². The number of anilines is 1. The Morgan fingerprint density at radius 1 is 1.42 bits per heavy atom. The number of hydrogen-bond donors (Lipinski definition) is 1. The minimum absolute atomic E-state index is 0.698. The molecule has 0 amide bonds. The van der Waals surface area contributed by atoms with Crippen molar-refractivity contribution in [3.63, 3.8) is 0 Å². The van der Waals surface area contributed by atoms with E-state index in [0.29, 0.717) is 5.69 Å². The Hall–Kier alpha value is -1.22. The van der Waals surface area contributed by atoms with E-state index in [2.05, 4.69) is 6.07 Å². The lowest BCUT2D eigenvalue weighted by Gasteiger charge is -2.03. The van der Waals surface area contributed by atoms with Gasteiger partial charge in [-0.3, -0.25) is 0 Å². The van der Waals surface area contributed by atoms with Crippen molar-refractivity contribution in [3.8, 4) is 5.75 Å². The first-order chi connectivity index (χ1) is 5.81. The summed E-state index contributed by atoms with van der Waals surface area (Å²) in [5, 5.41) is 3.22. The summed E-state index contributed by atoms with van der Waals surface area (Å²) < 4.78 is 6.31. The Kier molecular flexibility index (Phi) is 1.66. The van der Waals surface area contributed by atoms with Gasteiger partial charge in [0.1, 0.15) is 5.75 Å². The maximum Gasteiger partial charge on any atom is 0.143 e. The van der Waals surface area contributed by atoms with Crippen molar-refractivity contribution in [2.24, 2.45) is 0 Å². The third-order valence-corrected chi connectivity index (χ3v) is 2.68. The molecule has 0 radical (unpaired) electrons. The van der Waals surface area contributed by atoms with Gasteiger partial charge in [-0.15, -0.1) is 11.3 Å². The summed E-state index contributed by atoms with van der Waals surface area (Å²) in [5.74, 6) is 0.755. The van der Waals surface area contributed by atoms with E-state index in [1.807, 2.05) is 17.5 Å². The number of thiophene rings is 1. The van der Waals surface area contributed by atoms with E-state index in [0.717, 1.165) is 5.75 Å². The lowest BCUT2D eigenvalue weighted by molar-refractivity contribution is 0.417. The Morgan fingerprint density at radius 3 is 3.00 bits per heavy atom. The molecule has 0 atom stereocenters. The van der Waals surface area contributed by atoms with Gasteiger partial charge in [0.15, 0.2) is 0 Å². The molecule has 2 N–H and O–H groups in total. The second-order valence-corrected chi connectivity index (χ2v) is 3.50. The molecule has 0 fully saturated rings. The third kappa shape index (κ3) is 1.02. The van der Waals surface area contributed by atoms with Gasteiger partial charge in [-0.1, -0.05) is 0 Å². The molecule has 0 aliphatic heterocycles. The zero-order valence-corrected chi connectivity index (χ0v) is 7.52. The van der Waals surface area contributed by atoms with Crippen LogP contribution in [0.15, 0.2) is 23.6 Å². The maximum atomic E-state index is 5.74. The van der Waals surface area contributed by atoms with Crippen LogP contribution in [0.1, 0.15) is 0 Å². The predicted octanol–water partition coefficient (Wildman–Crippen LogP) is 2.49. The molecule has 0 saturated heterocycles. The summed E-state index contributed by atoms with van der Waals surface area (Å²) in [6.45, 7) is 0. The lowest BCUT2D eigenvalue weighted by atomic mass is 10.2. The Labute approximate surface area is 74.6 Å². The van der Waals surface area contributed by atoms with E-state index in [-0.39, 0.29) is 0 Å². The van der Waals surface area contributed by atoms with Crippen molar-refractivity contribution in [1.29, 1.82) is 0 Å². The summed E-state index contributed by atoms with van der Waals surface area (Å²) >= 11 is 1.69. The summed E-state index contributed by atoms with van der Waals surface area (Å²) in [5.41, 5.74) is 6.43. The van der Waals surface area contributed by atoms with Gasteiger partial charge in [0, 0.05) is 10.8 Å². The van der Waals surface area contributed by atoms with Gasteiger partial charge in [-0.25, -0.2) is 0 Å². The van der Waals surface area contributed by atoms with E-state index < -0.39 is 0 Å². The zero-order chi connectivity index (χ0) is 8.55. The van der Waals surface area contributed by atoms with Crippen LogP contribution in [0.4, 0.5) is 5.69 Å². The van der Waals surface area contributed by atoms with Crippen molar-refractivity contribution in [1.82, 2.24) is 0 Å². The SMILES string of the molecule is COc1cc2sccc2cc1N. The summed E-state index contributed by atoms with van der Waals surface area (Å²) in [6, 6.07) is 5.95. The van der Waals surface area contributed by atoms with Gasteiger partial charge in [-0.05, 0) is 22.9 Å². The fourth-order valence-electron chi connectivity index (χ4n) is 1.19. The molecule has 0 saturated carbocycles. The largest absolute Gasteiger partial charge is 0.495 e. The topological polar surface area (TPSA) is 35.2 Å². The zero-order valence-electron chi connectivity index (χ0n) is 6.70. The second-order valence-electron chi connectivity index (χ2n) is 2.55. The smallest absolute Gasteiger partial charge is 0.143 e. The van der Waals surface area contributed by atoms with Crippen molar-refractivity contribution < 1.29 is 4.74 Å². The van der Waals surface area contributed by atoms with Gasteiger partial charge >= 0.3 is 0 Å². The lowest BCUT2D eigenvalue weighted by Crippen LogP contribution is -1.90. The van der Waals surface area contributed by atoms with Crippen LogP contribution >= 0.6 is 11.3 Å². The normalized spacial score (nSPS) is 10.4. The van der Waals surface area contributed by atoms with Crippen LogP contribution in [-0.4, -0.2) is 7.11 Å². The molecular formula is C9H9NOS. The molecule has 62 valence electrons. The number of rotatable bonds is 1. The second kappa shape index (κ2) is 2.68. The highest BCUT2D eigenvalue weighted by atomic mass is 32.1. The van der Waals surface area contributed by atoms with Gasteiger partial charge < -0.3 is 10.5 Å². The molecular weight excluding hydrogens is 170 g/mol. The summed E-state index contributed by atoms with van der Waals surface area (Å²) in [6.07, 6.45) is 0. The van der Waals surface area contributed by atoms with Crippen LogP contribution in [0, 0.1) is 0 Å². The van der Waals surface area contributed by atoms with Crippen LogP contribution in [0.3, 0.4) is 0 Å². The first kappa shape index (κ1) is 7.43. The number of nitrogen functional groups attached to an aromatic ring is 1. The summed E-state index contributed by atoms with van der Waals surface area (Å²) in [7, 11) is 1.63. The van der Waals surface area contributed by atoms with Crippen LogP contribution < -0.4 is 10.5 Å². The highest BCUT2D eigenvalue weighted by Gasteiger charge is 2.01. The Bertz CT molecular complexity index is 408. The predicted molar refractivity (Wildman–Crippen MR) is 52.8 cm³/mol. The van der Waals surface area contributed by atoms with Gasteiger partial charge in [0.05, 0.1) is 12.8 Å². The first-order valence-corrected chi connectivity index (χ1v) is 4.50. The van der Waals surface area contributed by atoms with Crippen LogP contribution in [-0.2, 0) is 0 Å². The van der Waals surface area contributed by atoms with Gasteiger partial charge in [0.25, 0.3) is 0 Å². The van der Waals surface area contributed by atoms with Gasteiger partial charge in [-0.2, -0.15) is 0 Å². The van der Waals surface area contributed by atoms with E-state index >= 15 is 0 Å². The average molecular weight is 179 g/mol. The number of ether oxygens (including phenoxy) is 1. The van der Waals surface area contributed by atoms with Crippen molar-refractivity contribution in [3.05, 3.63) is 23.6 Å². The number of benzene rings is 1. The molecule has 1 heterocycles. The standard InChI is InChI=1S/C9H9NOS/c1-11-8-5-9-6(2-3-12-9)4-7(8)10/h2-5H,10H2,1H3. The van der Waals surface area contributed by atoms with Gasteiger partial charge in [0.2, 0.25) is 0 Å². The van der Waals surface area contributed by atoms with E-state index in [9.17, 15) is 0 Å². The number of methoxy groups -OCH3 is 1. The molecule has 3 heteroatoms. The average Bonchev–Trinajstić information content (AvgIpc) is 2.49. The molecule has 2 aromatic rings. The van der Waals surface area contributed by atoms with Crippen molar-refractivity contribution >= 4 is 27.1 Å². The van der Waals surface area contributed by atoms with E-state index in [1.165, 1.54) is 10.1 Å². The third-order valence-electron chi connectivity index (χ3n) is 1.80. The highest BCUT2D eigenvalue weighted by Crippen LogP contribution is 2.30. The highest BCUT2D eigenvalue weighted by molar-refractivity contribution is 7.17. The van der Waals surface area contributed by atoms with Crippen molar-refractivity contribution in [2.45, 2.75) is 0 Å². The summed E-state index contributed by atoms with van der Waals surface area (Å²) in [4.78, 5) is 0. The molecule has 0 spiro atoms. The fourth-order valence-corrected chi connectivity index (χ4v) is 1.98. The molecule has 0 unspecified atom stereocenters. The number of fused-ring (bicyclic) bond motifs is 1. The Balaban J connectivity index is 2.73. The van der Waals surface area contributed by atoms with Crippen LogP contribution in [0.25, 0.3) is 10.1 Å². The minimum atomic E-state index is 0.698. The molecule has 12 heavy (non-hydrogen) atoms. The molecule has 2 nitrogen and oxygen atoms in total. The van der Waals surface area contributed by atoms with E-state index in [1.54, 1.807) is 18.4 Å². The maximum absolute atomic E-state index is 5.74. The molecule has 1 aromatic heterocycles. The van der Waals surface area contributed by atoms with Crippen LogP contribution in [0.2, 0.25) is 0 Å². The molecule has 2 rings (SSSR count). The molecule has 0 aliphatic carbocycles. The molecule has 0 bridgehead atoms. The fraction of sp³-hybridized carbons (Fsp3) is 0.111. The molecule has 1 aromatic carbocycles. The minimum Gasteiger partial charge on any atom is -0.495 e. The Morgan fingerprint density at radius 2 is 2.25 bits per heavy atom. The number of hydrogen-bond acceptors (Lipinski definition) is 3. The van der Waals surface area contributed by atoms with E-state index in [4.69, 9.17) is 10.5 Å². The number of nitrogens with two attached hydrogens (primary N) is 1.